The molecule has 7 heteroatoms. The highest BCUT2D eigenvalue weighted by molar-refractivity contribution is 7.17. The van der Waals surface area contributed by atoms with Gasteiger partial charge in [-0.3, -0.25) is 0 Å². The highest BCUT2D eigenvalue weighted by Crippen LogP contribution is 2.42. The molecule has 0 amide bonds. The second-order valence-corrected chi connectivity index (χ2v) is 6.75. The molecule has 1 aliphatic heterocycles. The Morgan fingerprint density at radius 2 is 2.00 bits per heavy atom. The van der Waals surface area contributed by atoms with E-state index >= 15 is 0 Å². The number of pyridine rings is 1. The number of anilines is 1. The number of halogens is 3. The number of aliphatic hydroxyl groups excluding tert-OH is 1. The van der Waals surface area contributed by atoms with Crippen LogP contribution in [0.1, 0.15) is 49.8 Å². The molecule has 1 N–H and O–H groups in total. The van der Waals surface area contributed by atoms with Crippen LogP contribution in [0.2, 0.25) is 0 Å². The lowest BCUT2D eigenvalue weighted by Crippen LogP contribution is -2.30. The third kappa shape index (κ3) is 3.17. The highest BCUT2D eigenvalue weighted by atomic mass is 32.1. The largest absolute Gasteiger partial charge is 0.417 e. The van der Waals surface area contributed by atoms with Crippen molar-refractivity contribution in [2.75, 3.05) is 18.0 Å². The van der Waals surface area contributed by atoms with Crippen LogP contribution in [0.5, 0.6) is 0 Å². The fraction of sp³-hybridized carbons (Fsp3) is 0.562. The van der Waals surface area contributed by atoms with Gasteiger partial charge in [0.25, 0.3) is 0 Å². The zero-order valence-corrected chi connectivity index (χ0v) is 13.7. The molecule has 126 valence electrons. The van der Waals surface area contributed by atoms with Gasteiger partial charge in [0.05, 0.1) is 21.9 Å². The quantitative estimate of drug-likeness (QED) is 0.873. The van der Waals surface area contributed by atoms with E-state index in [1.807, 2.05) is 4.90 Å². The van der Waals surface area contributed by atoms with Gasteiger partial charge in [-0.15, -0.1) is 11.3 Å². The van der Waals surface area contributed by atoms with Crippen LogP contribution in [0.15, 0.2) is 11.4 Å². The summed E-state index contributed by atoms with van der Waals surface area (Å²) in [5.74, 6) is 0.368. The number of fused-ring (bicyclic) bond motifs is 1. The fourth-order valence-electron chi connectivity index (χ4n) is 2.96. The summed E-state index contributed by atoms with van der Waals surface area (Å²) in [5, 5.41) is 11.7. The van der Waals surface area contributed by atoms with Crippen LogP contribution < -0.4 is 4.90 Å². The molecule has 0 aliphatic carbocycles. The van der Waals surface area contributed by atoms with Gasteiger partial charge < -0.3 is 10.0 Å². The molecule has 0 radical (unpaired) electrons. The first-order valence-corrected chi connectivity index (χ1v) is 8.72. The molecule has 1 unspecified atom stereocenters. The molecule has 0 bridgehead atoms. The Hall–Kier alpha value is -1.34. The Kier molecular flexibility index (Phi) is 4.51. The second kappa shape index (κ2) is 6.28. The summed E-state index contributed by atoms with van der Waals surface area (Å²) >= 11 is 1.01. The van der Waals surface area contributed by atoms with Crippen molar-refractivity contribution in [1.82, 2.24) is 4.98 Å². The van der Waals surface area contributed by atoms with E-state index in [0.717, 1.165) is 49.8 Å². The molecule has 2 aromatic heterocycles. The van der Waals surface area contributed by atoms with Crippen LogP contribution in [0.4, 0.5) is 19.0 Å². The lowest BCUT2D eigenvalue weighted by molar-refractivity contribution is -0.136. The molecule has 23 heavy (non-hydrogen) atoms. The third-order valence-electron chi connectivity index (χ3n) is 4.27. The Balaban J connectivity index is 2.17. The number of piperidine rings is 1. The summed E-state index contributed by atoms with van der Waals surface area (Å²) < 4.78 is 40.5. The van der Waals surface area contributed by atoms with Crippen molar-refractivity contribution in [2.24, 2.45) is 0 Å². The van der Waals surface area contributed by atoms with Crippen LogP contribution in [0.25, 0.3) is 10.2 Å². The van der Waals surface area contributed by atoms with E-state index in [9.17, 15) is 18.3 Å². The summed E-state index contributed by atoms with van der Waals surface area (Å²) in [6, 6.07) is 1.16. The molecule has 1 atom stereocenters. The van der Waals surface area contributed by atoms with Gasteiger partial charge in [0.2, 0.25) is 0 Å². The van der Waals surface area contributed by atoms with Crippen molar-refractivity contribution in [2.45, 2.75) is 44.9 Å². The van der Waals surface area contributed by atoms with Gasteiger partial charge in [0, 0.05) is 18.7 Å². The monoisotopic (exact) mass is 344 g/mol. The Morgan fingerprint density at radius 3 is 2.61 bits per heavy atom. The van der Waals surface area contributed by atoms with Crippen LogP contribution in [-0.2, 0) is 6.18 Å². The van der Waals surface area contributed by atoms with E-state index in [0.29, 0.717) is 23.3 Å². The van der Waals surface area contributed by atoms with Gasteiger partial charge in [-0.2, -0.15) is 13.2 Å². The predicted octanol–water partition coefficient (Wildman–Crippen LogP) is 4.75. The van der Waals surface area contributed by atoms with Crippen LogP contribution in [0.3, 0.4) is 0 Å². The zero-order valence-electron chi connectivity index (χ0n) is 12.9. The van der Waals surface area contributed by atoms with Gasteiger partial charge in [0.15, 0.2) is 0 Å². The topological polar surface area (TPSA) is 36.4 Å². The molecular formula is C16H19F3N2OS. The lowest BCUT2D eigenvalue weighted by Gasteiger charge is -2.28. The molecule has 0 aromatic carbocycles. The standard InChI is InChI=1S/C16H19F3N2OS/c1-2-12(22)10-9-23-15-11(16(17,18)19)8-13(20-14(10)15)21-6-4-3-5-7-21/h8-9,12,22H,2-7H2,1H3. The zero-order chi connectivity index (χ0) is 16.6. The first-order chi connectivity index (χ1) is 10.9. The van der Waals surface area contributed by atoms with Crippen molar-refractivity contribution in [3.63, 3.8) is 0 Å². The number of aromatic nitrogens is 1. The number of alkyl halides is 3. The van der Waals surface area contributed by atoms with E-state index in [-0.39, 0.29) is 4.70 Å². The van der Waals surface area contributed by atoms with Crippen molar-refractivity contribution < 1.29 is 18.3 Å². The van der Waals surface area contributed by atoms with Crippen LogP contribution in [0, 0.1) is 0 Å². The second-order valence-electron chi connectivity index (χ2n) is 5.87. The van der Waals surface area contributed by atoms with E-state index in [4.69, 9.17) is 0 Å². The average molecular weight is 344 g/mol. The maximum Gasteiger partial charge on any atom is 0.417 e. The SMILES string of the molecule is CCC(O)c1csc2c(C(F)(F)F)cc(N3CCCCC3)nc12. The number of thiophene rings is 1. The number of rotatable bonds is 3. The van der Waals surface area contributed by atoms with E-state index < -0.39 is 17.8 Å². The van der Waals surface area contributed by atoms with Crippen molar-refractivity contribution in [3.05, 3.63) is 22.6 Å². The molecule has 0 saturated carbocycles. The summed E-state index contributed by atoms with van der Waals surface area (Å²) in [5.41, 5.74) is 0.138. The predicted molar refractivity (Wildman–Crippen MR) is 85.9 cm³/mol. The Bertz CT molecular complexity index is 692. The normalized spacial score (nSPS) is 17.7. The molecule has 0 spiro atoms. The molecular weight excluding hydrogens is 325 g/mol. The van der Waals surface area contributed by atoms with Gasteiger partial charge in [-0.05, 0) is 37.1 Å². The van der Waals surface area contributed by atoms with Crippen LogP contribution >= 0.6 is 11.3 Å². The van der Waals surface area contributed by atoms with Crippen molar-refractivity contribution in [1.29, 1.82) is 0 Å². The molecule has 3 nitrogen and oxygen atoms in total. The minimum absolute atomic E-state index is 0.112. The summed E-state index contributed by atoms with van der Waals surface area (Å²) in [4.78, 5) is 6.39. The molecule has 3 rings (SSSR count). The molecule has 1 fully saturated rings. The minimum atomic E-state index is -4.43. The van der Waals surface area contributed by atoms with Crippen LogP contribution in [-0.4, -0.2) is 23.2 Å². The van der Waals surface area contributed by atoms with E-state index in [2.05, 4.69) is 4.98 Å². The minimum Gasteiger partial charge on any atom is -0.388 e. The van der Waals surface area contributed by atoms with E-state index in [1.54, 1.807) is 12.3 Å². The van der Waals surface area contributed by atoms with Crippen molar-refractivity contribution in [3.8, 4) is 0 Å². The summed E-state index contributed by atoms with van der Waals surface area (Å²) in [6.45, 7) is 3.25. The lowest BCUT2D eigenvalue weighted by atomic mass is 10.1. The molecule has 3 heterocycles. The van der Waals surface area contributed by atoms with E-state index in [1.165, 1.54) is 0 Å². The first-order valence-electron chi connectivity index (χ1n) is 7.84. The number of hydrogen-bond acceptors (Lipinski definition) is 4. The Morgan fingerprint density at radius 1 is 1.30 bits per heavy atom. The van der Waals surface area contributed by atoms with Gasteiger partial charge in [-0.1, -0.05) is 6.92 Å². The van der Waals surface area contributed by atoms with Crippen molar-refractivity contribution >= 4 is 27.4 Å². The number of aliphatic hydroxyl groups is 1. The Labute approximate surface area is 136 Å². The van der Waals surface area contributed by atoms with Gasteiger partial charge in [-0.25, -0.2) is 4.98 Å². The number of hydrogen-bond donors (Lipinski definition) is 1. The molecule has 2 aromatic rings. The first kappa shape index (κ1) is 16.5. The third-order valence-corrected chi connectivity index (χ3v) is 5.29. The number of nitrogens with zero attached hydrogens (tertiary/aromatic N) is 2. The summed E-state index contributed by atoms with van der Waals surface area (Å²) in [7, 11) is 0. The summed E-state index contributed by atoms with van der Waals surface area (Å²) in [6.07, 6.45) is -1.73. The maximum absolute atomic E-state index is 13.5. The smallest absolute Gasteiger partial charge is 0.388 e. The average Bonchev–Trinajstić information content (AvgIpc) is 2.97. The molecule has 1 aliphatic rings. The highest BCUT2D eigenvalue weighted by Gasteiger charge is 2.35. The fourth-order valence-corrected chi connectivity index (χ4v) is 4.06. The van der Waals surface area contributed by atoms with Gasteiger partial charge >= 0.3 is 6.18 Å². The van der Waals surface area contributed by atoms with Gasteiger partial charge in [0.1, 0.15) is 5.82 Å². The molecule has 1 saturated heterocycles. The maximum atomic E-state index is 13.5.